The Kier molecular flexibility index (Phi) is 7.42. The van der Waals surface area contributed by atoms with E-state index in [1.54, 1.807) is 0 Å². The number of carbonyl (C=O) groups is 1. The first-order valence-corrected chi connectivity index (χ1v) is 8.49. The van der Waals surface area contributed by atoms with Crippen molar-refractivity contribution in [2.45, 2.75) is 72.6 Å². The van der Waals surface area contributed by atoms with Gasteiger partial charge < -0.3 is 0 Å². The van der Waals surface area contributed by atoms with Gasteiger partial charge in [0.1, 0.15) is 12.7 Å². The molecule has 0 N–H and O–H groups in total. The number of unbranched alkanes of at least 4 members (excludes halogenated alkanes) is 2. The lowest BCUT2D eigenvalue weighted by atomic mass is 9.66. The Morgan fingerprint density at radius 1 is 1.23 bits per heavy atom. The zero-order chi connectivity index (χ0) is 16.6. The third kappa shape index (κ3) is 4.02. The molecule has 0 spiro atoms. The Morgan fingerprint density at radius 2 is 1.91 bits per heavy atom. The van der Waals surface area contributed by atoms with E-state index in [1.165, 1.54) is 25.5 Å². The summed E-state index contributed by atoms with van der Waals surface area (Å²) in [5, 5.41) is 0. The fourth-order valence-corrected chi connectivity index (χ4v) is 3.48. The van der Waals surface area contributed by atoms with Gasteiger partial charge in [-0.1, -0.05) is 47.0 Å². The van der Waals surface area contributed by atoms with E-state index in [4.69, 9.17) is 0 Å². The summed E-state index contributed by atoms with van der Waals surface area (Å²) in [4.78, 5) is 32.1. The van der Waals surface area contributed by atoms with Crippen LogP contribution >= 0.6 is 0 Å². The SMILES string of the molecule is CCCCCC(CC)(CC)C(CC)C(=O)n1cncnc1=O. The van der Waals surface area contributed by atoms with Crippen molar-refractivity contribution < 1.29 is 4.79 Å². The Hall–Kier alpha value is -1.52. The van der Waals surface area contributed by atoms with Crippen molar-refractivity contribution in [2.75, 3.05) is 0 Å². The summed E-state index contributed by atoms with van der Waals surface area (Å²) < 4.78 is 1.08. The van der Waals surface area contributed by atoms with Crippen LogP contribution in [0.4, 0.5) is 0 Å². The van der Waals surface area contributed by atoms with Gasteiger partial charge in [0, 0.05) is 5.92 Å². The second kappa shape index (κ2) is 8.81. The van der Waals surface area contributed by atoms with Crippen LogP contribution in [0.5, 0.6) is 0 Å². The predicted molar refractivity (Wildman–Crippen MR) is 87.9 cm³/mol. The molecular weight excluding hydrogens is 278 g/mol. The summed E-state index contributed by atoms with van der Waals surface area (Å²) in [5.74, 6) is -0.323. The van der Waals surface area contributed by atoms with Crippen LogP contribution in [0.1, 0.15) is 77.4 Å². The van der Waals surface area contributed by atoms with Crippen LogP contribution in [0.15, 0.2) is 17.4 Å². The van der Waals surface area contributed by atoms with E-state index in [-0.39, 0.29) is 17.2 Å². The third-order valence-corrected chi connectivity index (χ3v) is 4.99. The summed E-state index contributed by atoms with van der Waals surface area (Å²) in [6, 6.07) is 0. The lowest BCUT2D eigenvalue weighted by Crippen LogP contribution is -2.41. The van der Waals surface area contributed by atoms with Gasteiger partial charge in [0.15, 0.2) is 0 Å². The summed E-state index contributed by atoms with van der Waals surface area (Å²) in [5.41, 5.74) is -0.580. The van der Waals surface area contributed by atoms with Crippen molar-refractivity contribution in [3.8, 4) is 0 Å². The molecule has 1 aromatic rings. The van der Waals surface area contributed by atoms with Gasteiger partial charge >= 0.3 is 5.69 Å². The van der Waals surface area contributed by atoms with Gasteiger partial charge in [-0.25, -0.2) is 14.3 Å². The molecule has 124 valence electrons. The van der Waals surface area contributed by atoms with E-state index in [0.717, 1.165) is 36.7 Å². The molecule has 22 heavy (non-hydrogen) atoms. The van der Waals surface area contributed by atoms with Crippen molar-refractivity contribution in [3.05, 3.63) is 23.1 Å². The first-order valence-electron chi connectivity index (χ1n) is 8.49. The van der Waals surface area contributed by atoms with Crippen LogP contribution in [-0.4, -0.2) is 20.4 Å². The Bertz CT molecular complexity index is 521. The van der Waals surface area contributed by atoms with Crippen molar-refractivity contribution in [1.82, 2.24) is 14.5 Å². The Morgan fingerprint density at radius 3 is 2.41 bits per heavy atom. The summed E-state index contributed by atoms with van der Waals surface area (Å²) in [6.45, 7) is 8.51. The summed E-state index contributed by atoms with van der Waals surface area (Å²) in [6.07, 6.45) is 9.60. The average molecular weight is 307 g/mol. The molecule has 5 nitrogen and oxygen atoms in total. The molecule has 1 unspecified atom stereocenters. The maximum atomic E-state index is 12.9. The first kappa shape index (κ1) is 18.5. The lowest BCUT2D eigenvalue weighted by molar-refractivity contribution is 0.0563. The van der Waals surface area contributed by atoms with Crippen molar-refractivity contribution in [1.29, 1.82) is 0 Å². The van der Waals surface area contributed by atoms with Crippen molar-refractivity contribution >= 4 is 5.91 Å². The zero-order valence-electron chi connectivity index (χ0n) is 14.3. The molecule has 0 radical (unpaired) electrons. The van der Waals surface area contributed by atoms with Gasteiger partial charge in [-0.05, 0) is 31.1 Å². The maximum absolute atomic E-state index is 12.9. The molecule has 0 aliphatic carbocycles. The zero-order valence-corrected chi connectivity index (χ0v) is 14.3. The topological polar surface area (TPSA) is 64.8 Å². The number of hydrogen-bond donors (Lipinski definition) is 0. The molecule has 1 heterocycles. The minimum absolute atomic E-state index is 0.0454. The molecule has 0 saturated heterocycles. The smallest absolute Gasteiger partial charge is 0.274 e. The highest BCUT2D eigenvalue weighted by molar-refractivity contribution is 5.81. The fourth-order valence-electron chi connectivity index (χ4n) is 3.48. The maximum Gasteiger partial charge on any atom is 0.357 e. The number of rotatable bonds is 9. The highest BCUT2D eigenvalue weighted by Crippen LogP contribution is 2.42. The lowest BCUT2D eigenvalue weighted by Gasteiger charge is -2.38. The number of carbonyl (C=O) groups excluding carboxylic acids is 1. The van der Waals surface area contributed by atoms with Crippen LogP contribution in [0.25, 0.3) is 0 Å². The number of hydrogen-bond acceptors (Lipinski definition) is 4. The predicted octanol–water partition coefficient (Wildman–Crippen LogP) is 3.69. The third-order valence-electron chi connectivity index (χ3n) is 4.99. The van der Waals surface area contributed by atoms with Crippen LogP contribution in [0, 0.1) is 11.3 Å². The quantitative estimate of drug-likeness (QED) is 0.653. The van der Waals surface area contributed by atoms with Crippen LogP contribution in [-0.2, 0) is 0 Å². The fraction of sp³-hybridized carbons (Fsp3) is 0.765. The molecule has 0 saturated carbocycles. The highest BCUT2D eigenvalue weighted by Gasteiger charge is 2.39. The standard InChI is InChI=1S/C17H29N3O2/c1-5-9-10-11-17(7-3,8-4)14(6-2)15(21)20-13-18-12-19-16(20)22/h12-14H,5-11H2,1-4H3. The second-order valence-corrected chi connectivity index (χ2v) is 5.99. The highest BCUT2D eigenvalue weighted by atomic mass is 16.2. The Balaban J connectivity index is 3.11. The largest absolute Gasteiger partial charge is 0.357 e. The molecule has 0 aliphatic heterocycles. The molecule has 0 fully saturated rings. The molecule has 1 atom stereocenters. The van der Waals surface area contributed by atoms with Crippen LogP contribution in [0.3, 0.4) is 0 Å². The van der Waals surface area contributed by atoms with Gasteiger partial charge in [0.2, 0.25) is 5.91 Å². The molecular formula is C17H29N3O2. The van der Waals surface area contributed by atoms with E-state index in [0.29, 0.717) is 0 Å². The number of nitrogens with zero attached hydrogens (tertiary/aromatic N) is 3. The molecule has 5 heteroatoms. The van der Waals surface area contributed by atoms with E-state index < -0.39 is 5.69 Å². The van der Waals surface area contributed by atoms with E-state index in [9.17, 15) is 9.59 Å². The van der Waals surface area contributed by atoms with Gasteiger partial charge in [-0.15, -0.1) is 0 Å². The summed E-state index contributed by atoms with van der Waals surface area (Å²) >= 11 is 0. The van der Waals surface area contributed by atoms with E-state index >= 15 is 0 Å². The number of aromatic nitrogens is 3. The normalized spacial score (nSPS) is 13.1. The Labute approximate surface area is 133 Å². The van der Waals surface area contributed by atoms with Crippen molar-refractivity contribution in [2.24, 2.45) is 11.3 Å². The van der Waals surface area contributed by atoms with Gasteiger partial charge in [0.05, 0.1) is 0 Å². The second-order valence-electron chi connectivity index (χ2n) is 5.99. The average Bonchev–Trinajstić information content (AvgIpc) is 2.54. The molecule has 0 aromatic carbocycles. The monoisotopic (exact) mass is 307 g/mol. The molecule has 1 rings (SSSR count). The van der Waals surface area contributed by atoms with Gasteiger partial charge in [0.25, 0.3) is 0 Å². The molecule has 1 aromatic heterocycles. The minimum Gasteiger partial charge on any atom is -0.274 e. The van der Waals surface area contributed by atoms with Crippen LogP contribution in [0.2, 0.25) is 0 Å². The van der Waals surface area contributed by atoms with Gasteiger partial charge in [-0.3, -0.25) is 4.79 Å². The van der Waals surface area contributed by atoms with Crippen molar-refractivity contribution in [3.63, 3.8) is 0 Å². The van der Waals surface area contributed by atoms with Crippen LogP contribution < -0.4 is 5.69 Å². The molecule has 0 aliphatic rings. The van der Waals surface area contributed by atoms with Gasteiger partial charge in [-0.2, -0.15) is 4.98 Å². The van der Waals surface area contributed by atoms with E-state index in [1.807, 2.05) is 6.92 Å². The molecule has 0 amide bonds. The first-order chi connectivity index (χ1) is 10.6. The molecule has 0 bridgehead atoms. The van der Waals surface area contributed by atoms with E-state index in [2.05, 4.69) is 30.7 Å². The minimum atomic E-state index is -0.534. The summed E-state index contributed by atoms with van der Waals surface area (Å²) in [7, 11) is 0.